The molecule has 0 fully saturated rings. The van der Waals surface area contributed by atoms with E-state index in [1.165, 1.54) is 19.7 Å². The Morgan fingerprint density at radius 3 is 2.05 bits per heavy atom. The number of nitrogens with one attached hydrogen (secondary N) is 1. The Hall–Kier alpha value is -0.950. The minimum atomic E-state index is -3.42. The van der Waals surface area contributed by atoms with Gasteiger partial charge in [0.15, 0.2) is 0 Å². The van der Waals surface area contributed by atoms with Crippen LogP contribution in [0.1, 0.15) is 36.9 Å². The predicted octanol–water partition coefficient (Wildman–Crippen LogP) is 1.21. The van der Waals surface area contributed by atoms with Crippen molar-refractivity contribution in [2.75, 3.05) is 20.6 Å². The minimum Gasteiger partial charge on any atom is -0.323 e. The van der Waals surface area contributed by atoms with E-state index in [2.05, 4.69) is 18.6 Å². The highest BCUT2D eigenvalue weighted by atomic mass is 32.2. The average Bonchev–Trinajstić information content (AvgIpc) is 2.36. The van der Waals surface area contributed by atoms with E-state index in [1.54, 1.807) is 0 Å². The summed E-state index contributed by atoms with van der Waals surface area (Å²) in [7, 11) is -0.465. The molecule has 6 heteroatoms. The summed E-state index contributed by atoms with van der Waals surface area (Å²) in [6.07, 6.45) is 0. The van der Waals surface area contributed by atoms with Crippen molar-refractivity contribution in [3.05, 3.63) is 35.4 Å². The molecule has 1 rings (SSSR count). The summed E-state index contributed by atoms with van der Waals surface area (Å²) in [5.41, 5.74) is 8.15. The SMILES string of the molecule is CC(C)c1ccc([C@@H](N)CNS(=O)(=O)N(C)C)cc1. The molecule has 1 atom stereocenters. The third-order valence-electron chi connectivity index (χ3n) is 3.00. The molecule has 1 aromatic carbocycles. The molecule has 0 unspecified atom stereocenters. The molecule has 0 radical (unpaired) electrons. The molecule has 0 heterocycles. The van der Waals surface area contributed by atoms with E-state index in [9.17, 15) is 8.42 Å². The number of hydrogen-bond acceptors (Lipinski definition) is 3. The van der Waals surface area contributed by atoms with Crippen molar-refractivity contribution in [2.45, 2.75) is 25.8 Å². The van der Waals surface area contributed by atoms with Crippen molar-refractivity contribution < 1.29 is 8.42 Å². The lowest BCUT2D eigenvalue weighted by Gasteiger charge is -2.17. The van der Waals surface area contributed by atoms with Crippen molar-refractivity contribution >= 4 is 10.2 Å². The Morgan fingerprint density at radius 1 is 1.16 bits per heavy atom. The molecule has 0 amide bonds. The fourth-order valence-electron chi connectivity index (χ4n) is 1.57. The first-order valence-electron chi connectivity index (χ1n) is 6.26. The van der Waals surface area contributed by atoms with E-state index < -0.39 is 10.2 Å². The first-order chi connectivity index (χ1) is 8.74. The Kier molecular flexibility index (Phi) is 5.49. The second kappa shape index (κ2) is 6.47. The minimum absolute atomic E-state index is 0.182. The van der Waals surface area contributed by atoms with Gasteiger partial charge in [-0.05, 0) is 17.0 Å². The molecular formula is C13H23N3O2S. The molecule has 0 spiro atoms. The summed E-state index contributed by atoms with van der Waals surface area (Å²) < 4.78 is 26.7. The van der Waals surface area contributed by atoms with Gasteiger partial charge in [-0.3, -0.25) is 0 Å². The van der Waals surface area contributed by atoms with Crippen LogP contribution in [0.3, 0.4) is 0 Å². The third kappa shape index (κ3) is 4.58. The highest BCUT2D eigenvalue weighted by Crippen LogP contribution is 2.17. The van der Waals surface area contributed by atoms with Gasteiger partial charge in [0.2, 0.25) is 0 Å². The molecule has 0 aliphatic heterocycles. The highest BCUT2D eigenvalue weighted by molar-refractivity contribution is 7.87. The monoisotopic (exact) mass is 285 g/mol. The van der Waals surface area contributed by atoms with E-state index in [4.69, 9.17) is 5.73 Å². The lowest BCUT2D eigenvalue weighted by molar-refractivity contribution is 0.500. The van der Waals surface area contributed by atoms with Crippen LogP contribution in [0, 0.1) is 0 Å². The number of nitrogens with two attached hydrogens (primary N) is 1. The zero-order chi connectivity index (χ0) is 14.6. The van der Waals surface area contributed by atoms with Crippen molar-refractivity contribution in [1.82, 2.24) is 9.03 Å². The van der Waals surface area contributed by atoms with Crippen LogP contribution < -0.4 is 10.5 Å². The van der Waals surface area contributed by atoms with Gasteiger partial charge in [-0.1, -0.05) is 38.1 Å². The van der Waals surface area contributed by atoms with Gasteiger partial charge in [0, 0.05) is 26.7 Å². The van der Waals surface area contributed by atoms with E-state index in [0.717, 1.165) is 9.87 Å². The summed E-state index contributed by atoms with van der Waals surface area (Å²) >= 11 is 0. The zero-order valence-corrected chi connectivity index (χ0v) is 12.7. The maximum atomic E-state index is 11.6. The van der Waals surface area contributed by atoms with Crippen LogP contribution in [-0.4, -0.2) is 33.4 Å². The van der Waals surface area contributed by atoms with Crippen LogP contribution in [0.2, 0.25) is 0 Å². The molecule has 19 heavy (non-hydrogen) atoms. The normalized spacial score (nSPS) is 14.1. The number of rotatable bonds is 6. The van der Waals surface area contributed by atoms with E-state index in [0.29, 0.717) is 5.92 Å². The van der Waals surface area contributed by atoms with E-state index >= 15 is 0 Å². The summed E-state index contributed by atoms with van der Waals surface area (Å²) in [5, 5.41) is 0. The second-order valence-electron chi connectivity index (χ2n) is 5.06. The summed E-state index contributed by atoms with van der Waals surface area (Å²) in [6.45, 7) is 4.43. The third-order valence-corrected chi connectivity index (χ3v) is 4.49. The van der Waals surface area contributed by atoms with Gasteiger partial charge >= 0.3 is 0 Å². The molecule has 0 bridgehead atoms. The maximum Gasteiger partial charge on any atom is 0.278 e. The standard InChI is InChI=1S/C13H23N3O2S/c1-10(2)11-5-7-12(8-6-11)13(14)9-15-19(17,18)16(3)4/h5-8,10,13,15H,9,14H2,1-4H3/t13-/m0/s1. The molecule has 0 saturated carbocycles. The molecule has 0 saturated heterocycles. The molecule has 0 aromatic heterocycles. The van der Waals surface area contributed by atoms with Crippen molar-refractivity contribution in [3.8, 4) is 0 Å². The summed E-state index contributed by atoms with van der Waals surface area (Å²) in [6, 6.07) is 7.60. The molecule has 3 N–H and O–H groups in total. The van der Waals surface area contributed by atoms with Gasteiger partial charge in [0.25, 0.3) is 10.2 Å². The molecule has 0 aliphatic carbocycles. The molecule has 1 aromatic rings. The lowest BCUT2D eigenvalue weighted by Crippen LogP contribution is -2.39. The first kappa shape index (κ1) is 16.1. The molecular weight excluding hydrogens is 262 g/mol. The Balaban J connectivity index is 2.66. The van der Waals surface area contributed by atoms with Gasteiger partial charge in [-0.2, -0.15) is 12.7 Å². The lowest BCUT2D eigenvalue weighted by atomic mass is 9.99. The van der Waals surface area contributed by atoms with E-state index in [-0.39, 0.29) is 12.6 Å². The average molecular weight is 285 g/mol. The fraction of sp³-hybridized carbons (Fsp3) is 0.538. The highest BCUT2D eigenvalue weighted by Gasteiger charge is 2.15. The summed E-state index contributed by atoms with van der Waals surface area (Å²) in [5.74, 6) is 0.470. The van der Waals surface area contributed by atoms with E-state index in [1.807, 2.05) is 24.3 Å². The Labute approximate surface area is 116 Å². The zero-order valence-electron chi connectivity index (χ0n) is 11.9. The van der Waals surface area contributed by atoms with Crippen LogP contribution in [0.25, 0.3) is 0 Å². The van der Waals surface area contributed by atoms with Crippen LogP contribution in [0.5, 0.6) is 0 Å². The van der Waals surface area contributed by atoms with Gasteiger partial charge in [0.05, 0.1) is 0 Å². The Morgan fingerprint density at radius 2 is 1.63 bits per heavy atom. The largest absolute Gasteiger partial charge is 0.323 e. The van der Waals surface area contributed by atoms with Crippen molar-refractivity contribution in [2.24, 2.45) is 5.73 Å². The molecule has 108 valence electrons. The van der Waals surface area contributed by atoms with Gasteiger partial charge in [-0.15, -0.1) is 0 Å². The fourth-order valence-corrected chi connectivity index (χ4v) is 2.22. The predicted molar refractivity (Wildman–Crippen MR) is 78.1 cm³/mol. The molecule has 0 aliphatic rings. The second-order valence-corrected chi connectivity index (χ2v) is 7.03. The van der Waals surface area contributed by atoms with Gasteiger partial charge in [0.1, 0.15) is 0 Å². The van der Waals surface area contributed by atoms with Crippen LogP contribution in [-0.2, 0) is 10.2 Å². The number of benzene rings is 1. The first-order valence-corrected chi connectivity index (χ1v) is 7.70. The van der Waals surface area contributed by atoms with Crippen molar-refractivity contribution in [3.63, 3.8) is 0 Å². The quantitative estimate of drug-likeness (QED) is 0.825. The van der Waals surface area contributed by atoms with Gasteiger partial charge < -0.3 is 5.73 Å². The summed E-state index contributed by atoms with van der Waals surface area (Å²) in [4.78, 5) is 0. The molecule has 5 nitrogen and oxygen atoms in total. The van der Waals surface area contributed by atoms with Crippen molar-refractivity contribution in [1.29, 1.82) is 0 Å². The number of hydrogen-bond donors (Lipinski definition) is 2. The van der Waals surface area contributed by atoms with Gasteiger partial charge in [-0.25, -0.2) is 4.72 Å². The Bertz CT molecular complexity index is 495. The topological polar surface area (TPSA) is 75.4 Å². The van der Waals surface area contributed by atoms with Crippen LogP contribution in [0.15, 0.2) is 24.3 Å². The number of nitrogens with zero attached hydrogens (tertiary/aromatic N) is 1. The van der Waals surface area contributed by atoms with Crippen LogP contribution in [0.4, 0.5) is 0 Å². The smallest absolute Gasteiger partial charge is 0.278 e. The maximum absolute atomic E-state index is 11.6. The van der Waals surface area contributed by atoms with Crippen LogP contribution >= 0.6 is 0 Å².